The molecule has 17 heavy (non-hydrogen) atoms. The first-order chi connectivity index (χ1) is 8.22. The molecule has 1 aliphatic carbocycles. The minimum atomic E-state index is -0.151. The summed E-state index contributed by atoms with van der Waals surface area (Å²) >= 11 is 0. The van der Waals surface area contributed by atoms with Gasteiger partial charge in [0, 0.05) is 19.5 Å². The maximum atomic E-state index is 11.9. The molecule has 1 N–H and O–H groups in total. The highest BCUT2D eigenvalue weighted by molar-refractivity contribution is 5.89. The summed E-state index contributed by atoms with van der Waals surface area (Å²) in [5.41, 5.74) is 0. The summed E-state index contributed by atoms with van der Waals surface area (Å²) in [5.74, 6) is 0.703. The Kier molecular flexibility index (Phi) is 2.78. The largest absolute Gasteiger partial charge is 0.377 e. The van der Waals surface area contributed by atoms with Crippen molar-refractivity contribution in [2.45, 2.75) is 25.3 Å². The molecular formula is C12H18N2O3. The first kappa shape index (κ1) is 11.0. The first-order valence-electron chi connectivity index (χ1n) is 6.38. The Morgan fingerprint density at radius 2 is 2.18 bits per heavy atom. The minimum Gasteiger partial charge on any atom is -0.377 e. The number of rotatable bonds is 4. The molecule has 1 unspecified atom stereocenters. The lowest BCUT2D eigenvalue weighted by atomic mass is 10.1. The Hall–Kier alpha value is -1.10. The van der Waals surface area contributed by atoms with Crippen LogP contribution in [-0.2, 0) is 14.3 Å². The lowest BCUT2D eigenvalue weighted by molar-refractivity contribution is -0.130. The van der Waals surface area contributed by atoms with Gasteiger partial charge < -0.3 is 15.0 Å². The number of nitrogens with zero attached hydrogens (tertiary/aromatic N) is 1. The van der Waals surface area contributed by atoms with Crippen LogP contribution in [0.4, 0.5) is 0 Å². The van der Waals surface area contributed by atoms with Gasteiger partial charge >= 0.3 is 0 Å². The minimum absolute atomic E-state index is 0.0185. The molecule has 0 aromatic rings. The predicted molar refractivity (Wildman–Crippen MR) is 60.2 cm³/mol. The highest BCUT2D eigenvalue weighted by Gasteiger charge is 2.38. The number of amides is 2. The van der Waals surface area contributed by atoms with Gasteiger partial charge in [0.05, 0.1) is 25.2 Å². The molecule has 3 fully saturated rings. The Morgan fingerprint density at radius 1 is 1.41 bits per heavy atom. The average Bonchev–Trinajstić information content (AvgIpc) is 2.97. The molecule has 0 bridgehead atoms. The Balaban J connectivity index is 1.50. The number of carbonyl (C=O) groups is 2. The van der Waals surface area contributed by atoms with Gasteiger partial charge in [-0.2, -0.15) is 0 Å². The molecule has 94 valence electrons. The fourth-order valence-corrected chi connectivity index (χ4v) is 2.37. The lowest BCUT2D eigenvalue weighted by Gasteiger charge is -2.27. The molecule has 3 rings (SSSR count). The van der Waals surface area contributed by atoms with Crippen LogP contribution < -0.4 is 5.32 Å². The van der Waals surface area contributed by atoms with Gasteiger partial charge in [0.2, 0.25) is 11.8 Å². The topological polar surface area (TPSA) is 58.6 Å². The third kappa shape index (κ3) is 2.44. The van der Waals surface area contributed by atoms with Crippen molar-refractivity contribution in [2.24, 2.45) is 11.8 Å². The van der Waals surface area contributed by atoms with E-state index in [1.54, 1.807) is 0 Å². The van der Waals surface area contributed by atoms with Gasteiger partial charge in [-0.15, -0.1) is 0 Å². The molecule has 1 saturated carbocycles. The third-order valence-electron chi connectivity index (χ3n) is 3.75. The molecule has 5 heteroatoms. The van der Waals surface area contributed by atoms with E-state index in [0.29, 0.717) is 32.1 Å². The molecule has 0 aromatic heterocycles. The SMILES string of the molecule is O=C(NC1COC1)C1CC(=O)N(CC2CC2)C1. The molecule has 2 amide bonds. The second-order valence-electron chi connectivity index (χ2n) is 5.39. The monoisotopic (exact) mass is 238 g/mol. The van der Waals surface area contributed by atoms with Crippen molar-refractivity contribution in [3.05, 3.63) is 0 Å². The van der Waals surface area contributed by atoms with E-state index in [1.807, 2.05) is 4.90 Å². The summed E-state index contributed by atoms with van der Waals surface area (Å²) in [6.07, 6.45) is 2.85. The van der Waals surface area contributed by atoms with Crippen LogP contribution in [-0.4, -0.2) is 49.1 Å². The zero-order chi connectivity index (χ0) is 11.8. The molecule has 2 saturated heterocycles. The average molecular weight is 238 g/mol. The van der Waals surface area contributed by atoms with Crippen LogP contribution >= 0.6 is 0 Å². The first-order valence-corrected chi connectivity index (χ1v) is 6.38. The van der Waals surface area contributed by atoms with Gasteiger partial charge in [-0.25, -0.2) is 0 Å². The summed E-state index contributed by atoms with van der Waals surface area (Å²) in [5, 5.41) is 2.93. The van der Waals surface area contributed by atoms with Gasteiger partial charge in [-0.05, 0) is 18.8 Å². The van der Waals surface area contributed by atoms with E-state index in [4.69, 9.17) is 4.74 Å². The predicted octanol–water partition coefficient (Wildman–Crippen LogP) is -0.240. The zero-order valence-corrected chi connectivity index (χ0v) is 9.85. The number of carbonyl (C=O) groups excluding carboxylic acids is 2. The number of nitrogens with one attached hydrogen (secondary N) is 1. The normalized spacial score (nSPS) is 29.3. The van der Waals surface area contributed by atoms with Crippen LogP contribution in [0.1, 0.15) is 19.3 Å². The van der Waals surface area contributed by atoms with Crippen molar-refractivity contribution in [1.82, 2.24) is 10.2 Å². The van der Waals surface area contributed by atoms with Crippen LogP contribution in [0.3, 0.4) is 0 Å². The van der Waals surface area contributed by atoms with Crippen molar-refractivity contribution in [2.75, 3.05) is 26.3 Å². The molecule has 3 aliphatic rings. The van der Waals surface area contributed by atoms with Gasteiger partial charge in [0.15, 0.2) is 0 Å². The maximum absolute atomic E-state index is 11.9. The highest BCUT2D eigenvalue weighted by Crippen LogP contribution is 2.32. The number of ether oxygens (including phenoxy) is 1. The summed E-state index contributed by atoms with van der Waals surface area (Å²) < 4.78 is 5.01. The van der Waals surface area contributed by atoms with E-state index in [-0.39, 0.29) is 23.8 Å². The van der Waals surface area contributed by atoms with Gasteiger partial charge in [0.25, 0.3) is 0 Å². The van der Waals surface area contributed by atoms with Gasteiger partial charge in [0.1, 0.15) is 0 Å². The number of hydrogen-bond acceptors (Lipinski definition) is 3. The van der Waals surface area contributed by atoms with Crippen LogP contribution in [0.15, 0.2) is 0 Å². The number of hydrogen-bond donors (Lipinski definition) is 1. The van der Waals surface area contributed by atoms with Crippen molar-refractivity contribution in [1.29, 1.82) is 0 Å². The number of likely N-dealkylation sites (tertiary alicyclic amines) is 1. The summed E-state index contributed by atoms with van der Waals surface area (Å²) in [6.45, 7) is 2.68. The van der Waals surface area contributed by atoms with E-state index in [1.165, 1.54) is 12.8 Å². The second-order valence-corrected chi connectivity index (χ2v) is 5.39. The van der Waals surface area contributed by atoms with E-state index in [0.717, 1.165) is 6.54 Å². The van der Waals surface area contributed by atoms with Crippen LogP contribution in [0.25, 0.3) is 0 Å². The van der Waals surface area contributed by atoms with Crippen LogP contribution in [0.5, 0.6) is 0 Å². The van der Waals surface area contributed by atoms with E-state index >= 15 is 0 Å². The molecular weight excluding hydrogens is 220 g/mol. The van der Waals surface area contributed by atoms with E-state index < -0.39 is 0 Å². The van der Waals surface area contributed by atoms with Crippen molar-refractivity contribution in [3.8, 4) is 0 Å². The smallest absolute Gasteiger partial charge is 0.225 e. The molecule has 5 nitrogen and oxygen atoms in total. The van der Waals surface area contributed by atoms with Crippen molar-refractivity contribution in [3.63, 3.8) is 0 Å². The maximum Gasteiger partial charge on any atom is 0.225 e. The highest BCUT2D eigenvalue weighted by atomic mass is 16.5. The molecule has 2 aliphatic heterocycles. The lowest BCUT2D eigenvalue weighted by Crippen LogP contribution is -2.50. The fraction of sp³-hybridized carbons (Fsp3) is 0.833. The standard InChI is InChI=1S/C12H18N2O3/c15-11-3-9(5-14(11)4-8-1-2-8)12(16)13-10-6-17-7-10/h8-10H,1-7H2,(H,13,16). The van der Waals surface area contributed by atoms with Crippen molar-refractivity contribution >= 4 is 11.8 Å². The molecule has 0 spiro atoms. The molecule has 0 aromatic carbocycles. The summed E-state index contributed by atoms with van der Waals surface area (Å²) in [4.78, 5) is 25.5. The Morgan fingerprint density at radius 3 is 2.76 bits per heavy atom. The second kappa shape index (κ2) is 4.29. The van der Waals surface area contributed by atoms with Crippen LogP contribution in [0.2, 0.25) is 0 Å². The Bertz CT molecular complexity index is 337. The summed E-state index contributed by atoms with van der Waals surface area (Å²) in [7, 11) is 0. The third-order valence-corrected chi connectivity index (χ3v) is 3.75. The van der Waals surface area contributed by atoms with E-state index in [9.17, 15) is 9.59 Å². The molecule has 0 radical (unpaired) electrons. The zero-order valence-electron chi connectivity index (χ0n) is 9.85. The van der Waals surface area contributed by atoms with Gasteiger partial charge in [-0.1, -0.05) is 0 Å². The summed E-state index contributed by atoms with van der Waals surface area (Å²) in [6, 6.07) is 0.162. The molecule has 2 heterocycles. The van der Waals surface area contributed by atoms with Crippen LogP contribution in [0, 0.1) is 11.8 Å². The molecule has 1 atom stereocenters. The Labute approximate surface area is 100 Å². The van der Waals surface area contributed by atoms with E-state index in [2.05, 4.69) is 5.32 Å². The quantitative estimate of drug-likeness (QED) is 0.735. The van der Waals surface area contributed by atoms with Crippen molar-refractivity contribution < 1.29 is 14.3 Å². The fourth-order valence-electron chi connectivity index (χ4n) is 2.37. The van der Waals surface area contributed by atoms with Gasteiger partial charge in [-0.3, -0.25) is 9.59 Å².